The molecule has 0 aromatic rings. The highest BCUT2D eigenvalue weighted by molar-refractivity contribution is 5.69. The van der Waals surface area contributed by atoms with Crippen LogP contribution in [0.1, 0.15) is 60.3 Å². The van der Waals surface area contributed by atoms with Crippen LogP contribution >= 0.6 is 0 Å². The Labute approximate surface area is 116 Å². The van der Waals surface area contributed by atoms with Crippen molar-refractivity contribution in [2.45, 2.75) is 60.3 Å². The van der Waals surface area contributed by atoms with Crippen LogP contribution in [0.4, 0.5) is 4.79 Å². The van der Waals surface area contributed by atoms with Crippen molar-refractivity contribution in [3.63, 3.8) is 0 Å². The number of hydrogen-bond donors (Lipinski definition) is 2. The average molecular weight is 275 g/mol. The zero-order chi connectivity index (χ0) is 15.5. The Hall–Kier alpha value is -1.26. The van der Waals surface area contributed by atoms with Gasteiger partial charge in [-0.25, -0.2) is 4.79 Å². The van der Waals surface area contributed by atoms with Crippen molar-refractivity contribution in [3.8, 4) is 0 Å². The summed E-state index contributed by atoms with van der Waals surface area (Å²) in [4.78, 5) is 20.5. The second kappa shape index (κ2) is 10.6. The molecule has 0 saturated heterocycles. The molecule has 0 aromatic heterocycles. The largest absolute Gasteiger partial charge is 0.481 e. The van der Waals surface area contributed by atoms with Crippen LogP contribution in [-0.4, -0.2) is 23.8 Å². The highest BCUT2D eigenvalue weighted by Crippen LogP contribution is 2.13. The van der Waals surface area contributed by atoms with Gasteiger partial charge in [0.05, 0.1) is 12.5 Å². The van der Waals surface area contributed by atoms with Gasteiger partial charge in [0, 0.05) is 0 Å². The van der Waals surface area contributed by atoms with Gasteiger partial charge in [-0.05, 0) is 18.3 Å². The topological polar surface area (TPSA) is 89.6 Å². The molecule has 0 aliphatic heterocycles. The van der Waals surface area contributed by atoms with E-state index in [9.17, 15) is 9.59 Å². The third-order valence-electron chi connectivity index (χ3n) is 2.27. The van der Waals surface area contributed by atoms with Crippen LogP contribution in [0, 0.1) is 11.3 Å². The first-order valence-corrected chi connectivity index (χ1v) is 6.79. The van der Waals surface area contributed by atoms with Crippen LogP contribution in [0.3, 0.4) is 0 Å². The molecule has 5 nitrogen and oxygen atoms in total. The molecule has 0 aromatic carbocycles. The molecule has 1 amide bonds. The second-order valence-corrected chi connectivity index (χ2v) is 5.78. The van der Waals surface area contributed by atoms with Crippen molar-refractivity contribution in [1.29, 1.82) is 0 Å². The molecule has 0 rings (SSSR count). The van der Waals surface area contributed by atoms with Gasteiger partial charge in [0.15, 0.2) is 0 Å². The Morgan fingerprint density at radius 1 is 1.16 bits per heavy atom. The fourth-order valence-corrected chi connectivity index (χ4v) is 1.38. The minimum absolute atomic E-state index is 0.00896. The average Bonchev–Trinajstić information content (AvgIpc) is 2.26. The highest BCUT2D eigenvalue weighted by Gasteiger charge is 2.13. The van der Waals surface area contributed by atoms with E-state index in [1.54, 1.807) is 0 Å². The zero-order valence-electron chi connectivity index (χ0n) is 12.9. The molecule has 114 valence electrons. The molecule has 3 N–H and O–H groups in total. The van der Waals surface area contributed by atoms with E-state index in [1.165, 1.54) is 0 Å². The smallest absolute Gasteiger partial charge is 0.404 e. The first-order valence-electron chi connectivity index (χ1n) is 6.79. The summed E-state index contributed by atoms with van der Waals surface area (Å²) in [5.41, 5.74) is 4.75. The quantitative estimate of drug-likeness (QED) is 0.777. The summed E-state index contributed by atoms with van der Waals surface area (Å²) < 4.78 is 4.55. The Morgan fingerprint density at radius 2 is 1.58 bits per heavy atom. The Kier molecular flexibility index (Phi) is 11.2. The standard InChI is InChI=1S/C8H16O2.C6H13NO2/c1-3-5-7(6-4-2)8(9)10;1-6(2,3)4-9-5(7)8/h7H,3-6H2,1-2H3,(H,9,10);4H2,1-3H3,(H2,7,8). The van der Waals surface area contributed by atoms with E-state index in [-0.39, 0.29) is 11.3 Å². The summed E-state index contributed by atoms with van der Waals surface area (Å²) in [7, 11) is 0. The van der Waals surface area contributed by atoms with Gasteiger partial charge in [-0.15, -0.1) is 0 Å². The summed E-state index contributed by atoms with van der Waals surface area (Å²) >= 11 is 0. The number of hydrogen-bond acceptors (Lipinski definition) is 3. The SMILES string of the molecule is CC(C)(C)COC(N)=O.CCCC(CCC)C(=O)O. The molecule has 0 spiro atoms. The van der Waals surface area contributed by atoms with Crippen molar-refractivity contribution in [2.75, 3.05) is 6.61 Å². The predicted molar refractivity (Wildman–Crippen MR) is 75.9 cm³/mol. The molecule has 0 atom stereocenters. The molecule has 5 heteroatoms. The first-order chi connectivity index (χ1) is 8.64. The normalized spacial score (nSPS) is 10.6. The number of primary amides is 1. The predicted octanol–water partition coefficient (Wildman–Crippen LogP) is 3.42. The van der Waals surface area contributed by atoms with Gasteiger partial charge >= 0.3 is 12.1 Å². The van der Waals surface area contributed by atoms with Gasteiger partial charge < -0.3 is 15.6 Å². The number of carbonyl (C=O) groups is 2. The molecule has 0 radical (unpaired) electrons. The van der Waals surface area contributed by atoms with E-state index < -0.39 is 12.1 Å². The van der Waals surface area contributed by atoms with E-state index in [4.69, 9.17) is 10.8 Å². The molecular formula is C14H29NO4. The van der Waals surface area contributed by atoms with Crippen molar-refractivity contribution >= 4 is 12.1 Å². The minimum atomic E-state index is -0.704. The van der Waals surface area contributed by atoms with Gasteiger partial charge in [-0.3, -0.25) is 4.79 Å². The lowest BCUT2D eigenvalue weighted by Gasteiger charge is -2.16. The number of aliphatic carboxylic acids is 1. The molecule has 0 saturated carbocycles. The number of amides is 1. The molecule has 0 bridgehead atoms. The molecular weight excluding hydrogens is 246 g/mol. The van der Waals surface area contributed by atoms with E-state index in [1.807, 2.05) is 34.6 Å². The number of nitrogens with two attached hydrogens (primary N) is 1. The molecule has 0 aliphatic rings. The molecule has 0 fully saturated rings. The minimum Gasteiger partial charge on any atom is -0.481 e. The van der Waals surface area contributed by atoms with Crippen LogP contribution in [-0.2, 0) is 9.53 Å². The van der Waals surface area contributed by atoms with Crippen LogP contribution < -0.4 is 5.73 Å². The summed E-state index contributed by atoms with van der Waals surface area (Å²) in [6.45, 7) is 10.3. The molecule has 0 unspecified atom stereocenters. The van der Waals surface area contributed by atoms with Gasteiger partial charge in [-0.2, -0.15) is 0 Å². The van der Waals surface area contributed by atoms with Gasteiger partial charge in [0.1, 0.15) is 0 Å². The van der Waals surface area contributed by atoms with Crippen molar-refractivity contribution in [1.82, 2.24) is 0 Å². The first kappa shape index (κ1) is 20.1. The number of carboxylic acids is 1. The maximum atomic E-state index is 10.5. The lowest BCUT2D eigenvalue weighted by Crippen LogP contribution is -2.21. The lowest BCUT2D eigenvalue weighted by molar-refractivity contribution is -0.142. The Bertz CT molecular complexity index is 253. The maximum Gasteiger partial charge on any atom is 0.404 e. The summed E-state index contributed by atoms with van der Waals surface area (Å²) in [6, 6.07) is 0. The van der Waals surface area contributed by atoms with E-state index in [0.29, 0.717) is 6.61 Å². The monoisotopic (exact) mass is 275 g/mol. The molecule has 0 heterocycles. The Balaban J connectivity index is 0. The number of carboxylic acid groups (broad SMARTS) is 1. The van der Waals surface area contributed by atoms with Crippen LogP contribution in [0.5, 0.6) is 0 Å². The fraction of sp³-hybridized carbons (Fsp3) is 0.857. The van der Waals surface area contributed by atoms with Gasteiger partial charge in [0.2, 0.25) is 0 Å². The second-order valence-electron chi connectivity index (χ2n) is 5.78. The number of carbonyl (C=O) groups excluding carboxylic acids is 1. The van der Waals surface area contributed by atoms with E-state index in [0.717, 1.165) is 25.7 Å². The molecule has 0 aliphatic carbocycles. The Morgan fingerprint density at radius 3 is 1.74 bits per heavy atom. The van der Waals surface area contributed by atoms with Crippen LogP contribution in [0.2, 0.25) is 0 Å². The van der Waals surface area contributed by atoms with E-state index >= 15 is 0 Å². The van der Waals surface area contributed by atoms with Crippen LogP contribution in [0.15, 0.2) is 0 Å². The van der Waals surface area contributed by atoms with Crippen molar-refractivity contribution in [2.24, 2.45) is 17.1 Å². The fourth-order valence-electron chi connectivity index (χ4n) is 1.38. The maximum absolute atomic E-state index is 10.5. The third-order valence-corrected chi connectivity index (χ3v) is 2.27. The van der Waals surface area contributed by atoms with Gasteiger partial charge in [-0.1, -0.05) is 47.5 Å². The van der Waals surface area contributed by atoms with E-state index in [2.05, 4.69) is 4.74 Å². The third kappa shape index (κ3) is 16.7. The lowest BCUT2D eigenvalue weighted by atomic mass is 9.99. The number of rotatable bonds is 6. The summed E-state index contributed by atoms with van der Waals surface area (Å²) in [5.74, 6) is -0.737. The highest BCUT2D eigenvalue weighted by atomic mass is 16.5. The van der Waals surface area contributed by atoms with Crippen LogP contribution in [0.25, 0.3) is 0 Å². The summed E-state index contributed by atoms with van der Waals surface area (Å²) in [6.07, 6.45) is 2.88. The zero-order valence-corrected chi connectivity index (χ0v) is 12.9. The van der Waals surface area contributed by atoms with Crippen molar-refractivity contribution < 1.29 is 19.4 Å². The molecule has 19 heavy (non-hydrogen) atoms. The number of ether oxygens (including phenoxy) is 1. The van der Waals surface area contributed by atoms with Gasteiger partial charge in [0.25, 0.3) is 0 Å². The summed E-state index contributed by atoms with van der Waals surface area (Å²) in [5, 5.41) is 8.64. The van der Waals surface area contributed by atoms with Crippen molar-refractivity contribution in [3.05, 3.63) is 0 Å².